The van der Waals surface area contributed by atoms with E-state index in [2.05, 4.69) is 20.6 Å². The molecule has 1 saturated heterocycles. The maximum Gasteiger partial charge on any atom is 0.313 e. The number of ether oxygens (including phenoxy) is 3. The number of para-hydroxylation sites is 2. The van der Waals surface area contributed by atoms with E-state index in [-0.39, 0.29) is 43.4 Å². The van der Waals surface area contributed by atoms with Crippen molar-refractivity contribution >= 4 is 32.9 Å². The van der Waals surface area contributed by atoms with Crippen molar-refractivity contribution in [3.8, 4) is 5.88 Å². The Hall–Kier alpha value is -3.53. The van der Waals surface area contributed by atoms with Crippen LogP contribution in [0.3, 0.4) is 0 Å². The number of nitrogens with one attached hydrogen (secondary N) is 3. The minimum absolute atomic E-state index is 0.153. The highest BCUT2D eigenvalue weighted by Crippen LogP contribution is 2.49. The normalized spacial score (nSPS) is 35.5. The fraction of sp³-hybridized carbons (Fsp3) is 0.684. The van der Waals surface area contributed by atoms with Gasteiger partial charge in [-0.25, -0.2) is 27.2 Å². The molecule has 15 nitrogen and oxygen atoms in total. The van der Waals surface area contributed by atoms with Gasteiger partial charge in [-0.15, -0.1) is 0 Å². The van der Waals surface area contributed by atoms with Crippen molar-refractivity contribution in [2.75, 3.05) is 13.2 Å². The fourth-order valence-electron chi connectivity index (χ4n) is 8.06. The summed E-state index contributed by atoms with van der Waals surface area (Å²) in [5.74, 6) is -8.37. The smallest absolute Gasteiger partial charge is 0.313 e. The summed E-state index contributed by atoms with van der Waals surface area (Å²) in [6, 6.07) is 3.76. The van der Waals surface area contributed by atoms with Crippen molar-refractivity contribution in [3.05, 3.63) is 42.1 Å². The van der Waals surface area contributed by atoms with Gasteiger partial charge in [-0.2, -0.15) is 8.78 Å². The number of nitrogens with zero attached hydrogens (tertiary/aromatic N) is 3. The second kappa shape index (κ2) is 15.5. The number of aliphatic hydroxyl groups is 2. The average molecular weight is 843 g/mol. The van der Waals surface area contributed by atoms with E-state index in [1.54, 1.807) is 39.0 Å². The Morgan fingerprint density at radius 1 is 1.07 bits per heavy atom. The predicted molar refractivity (Wildman–Crippen MR) is 199 cm³/mol. The maximum absolute atomic E-state index is 16.1. The van der Waals surface area contributed by atoms with Crippen LogP contribution in [0.4, 0.5) is 17.6 Å². The van der Waals surface area contributed by atoms with E-state index < -0.39 is 117 Å². The highest BCUT2D eigenvalue weighted by molar-refractivity contribution is 7.91. The van der Waals surface area contributed by atoms with Crippen molar-refractivity contribution in [2.24, 2.45) is 11.3 Å². The molecule has 20 heteroatoms. The number of carbonyl (C=O) groups excluding carboxylic acids is 2. The summed E-state index contributed by atoms with van der Waals surface area (Å²) >= 11 is 0. The number of aromatic nitrogens is 2. The number of fused-ring (bicyclic) bond motifs is 5. The summed E-state index contributed by atoms with van der Waals surface area (Å²) in [5.41, 5.74) is -3.63. The molecule has 5 aliphatic rings. The van der Waals surface area contributed by atoms with Gasteiger partial charge < -0.3 is 29.7 Å². The van der Waals surface area contributed by atoms with Crippen LogP contribution >= 0.6 is 0 Å². The lowest BCUT2D eigenvalue weighted by Gasteiger charge is -2.42. The lowest BCUT2D eigenvalue weighted by Crippen LogP contribution is -2.63. The standard InChI is InChI=1S/C38H50F4N6O9S/c1-35(2,3)28-32(50)48-19-20(17-24(48)30(49)46-37(18-21(37)29(39)40)33(51)47-58(53,54)36(4)14-15-36)56-31-27(43-22-9-5-6-10-23(22)44-31)38(41,42)13-8-16-55-25-11-7-12-26(25)57-34(52)45-28/h5-6,8-10,13,20-21,24-26,28-29,32,34,45,50,52H,7,11-12,14-19H2,1-4H3,(H,46,49)(H,47,51)/b13-8+/t20-,21?,24+,25-,26-,28-,32?,34?,37-/m1/s1. The number of hydrogen-bond donors (Lipinski definition) is 5. The van der Waals surface area contributed by atoms with Crippen LogP contribution in [-0.4, -0.2) is 118 Å². The van der Waals surface area contributed by atoms with Gasteiger partial charge in [-0.1, -0.05) is 39.0 Å². The molecule has 320 valence electrons. The minimum Gasteiger partial charge on any atom is -0.471 e. The molecule has 4 fully saturated rings. The van der Waals surface area contributed by atoms with Gasteiger partial charge >= 0.3 is 5.92 Å². The number of amides is 2. The summed E-state index contributed by atoms with van der Waals surface area (Å²) in [4.78, 5) is 37.7. The number of carbonyl (C=O) groups is 2. The molecule has 3 saturated carbocycles. The number of allylic oxidation sites excluding steroid dienone is 1. The summed E-state index contributed by atoms with van der Waals surface area (Å²) < 4.78 is 105. The quantitative estimate of drug-likeness (QED) is 0.210. The SMILES string of the molecule is CC(C)(C)[C@@H]1NC(O)O[C@@H]2CCC[C@H]2OC/C=C/C(F)(F)c2nc3ccccc3nc2O[C@@H]2C[C@@H](C(=O)N[C@]3(C(=O)NS(=O)(=O)C4(C)CC4)CC3C(F)F)N(C2)C1O. The van der Waals surface area contributed by atoms with Crippen LogP contribution in [0.5, 0.6) is 5.88 Å². The Balaban J connectivity index is 1.26. The first-order chi connectivity index (χ1) is 27.1. The van der Waals surface area contributed by atoms with Crippen molar-refractivity contribution < 1.29 is 60.0 Å². The molecule has 2 aromatic rings. The van der Waals surface area contributed by atoms with Crippen molar-refractivity contribution in [2.45, 2.75) is 138 Å². The molecule has 3 aliphatic carbocycles. The third-order valence-corrected chi connectivity index (χ3v) is 14.1. The molecule has 58 heavy (non-hydrogen) atoms. The Bertz CT molecular complexity index is 2040. The van der Waals surface area contributed by atoms with E-state index in [1.165, 1.54) is 17.9 Å². The highest BCUT2D eigenvalue weighted by atomic mass is 32.2. The van der Waals surface area contributed by atoms with Crippen LogP contribution in [0.2, 0.25) is 0 Å². The van der Waals surface area contributed by atoms with Crippen LogP contribution < -0.4 is 20.1 Å². The zero-order valence-electron chi connectivity index (χ0n) is 32.5. The first-order valence-corrected chi connectivity index (χ1v) is 20.9. The first kappa shape index (κ1) is 42.6. The van der Waals surface area contributed by atoms with Crippen molar-refractivity contribution in [1.29, 1.82) is 0 Å². The van der Waals surface area contributed by atoms with Crippen LogP contribution in [0.25, 0.3) is 11.0 Å². The number of hydrogen-bond acceptors (Lipinski definition) is 13. The molecule has 2 amide bonds. The van der Waals surface area contributed by atoms with E-state index in [0.29, 0.717) is 25.3 Å². The second-order valence-electron chi connectivity index (χ2n) is 17.3. The van der Waals surface area contributed by atoms with Crippen LogP contribution in [0, 0.1) is 11.3 Å². The van der Waals surface area contributed by atoms with Gasteiger partial charge in [0.1, 0.15) is 17.9 Å². The van der Waals surface area contributed by atoms with Crippen molar-refractivity contribution in [3.63, 3.8) is 0 Å². The number of alkyl halides is 4. The Kier molecular flexibility index (Phi) is 11.4. The molecule has 5 N–H and O–H groups in total. The Morgan fingerprint density at radius 3 is 2.38 bits per heavy atom. The molecule has 3 heterocycles. The maximum atomic E-state index is 16.1. The third-order valence-electron chi connectivity index (χ3n) is 12.0. The van der Waals surface area contributed by atoms with Crippen LogP contribution in [0.15, 0.2) is 36.4 Å². The molecule has 4 unspecified atom stereocenters. The molecule has 2 aliphatic heterocycles. The summed E-state index contributed by atoms with van der Waals surface area (Å²) in [6.45, 7) is 6.12. The second-order valence-corrected chi connectivity index (χ2v) is 19.5. The monoisotopic (exact) mass is 842 g/mol. The molecule has 0 spiro atoms. The Morgan fingerprint density at radius 2 is 1.74 bits per heavy atom. The van der Waals surface area contributed by atoms with Gasteiger partial charge in [0.05, 0.1) is 52.6 Å². The fourth-order valence-corrected chi connectivity index (χ4v) is 9.37. The lowest BCUT2D eigenvalue weighted by molar-refractivity contribution is -0.196. The number of benzene rings is 1. The number of rotatable bonds is 6. The van der Waals surface area contributed by atoms with E-state index in [0.717, 1.165) is 6.08 Å². The molecule has 1 aromatic carbocycles. The van der Waals surface area contributed by atoms with Gasteiger partial charge in [-0.05, 0) is 69.1 Å². The average Bonchev–Trinajstić information content (AvgIpc) is 3.97. The third kappa shape index (κ3) is 8.42. The molecular weight excluding hydrogens is 793 g/mol. The minimum atomic E-state index is -4.28. The van der Waals surface area contributed by atoms with Crippen LogP contribution in [-0.2, 0) is 35.0 Å². The summed E-state index contributed by atoms with van der Waals surface area (Å²) in [7, 11) is -4.28. The highest BCUT2D eigenvalue weighted by Gasteiger charge is 2.67. The number of sulfonamides is 1. The zero-order chi connectivity index (χ0) is 42.0. The molecule has 1 aromatic heterocycles. The summed E-state index contributed by atoms with van der Waals surface area (Å²) in [6.07, 6.45) is -5.71. The van der Waals surface area contributed by atoms with Crippen LogP contribution in [0.1, 0.15) is 78.3 Å². The van der Waals surface area contributed by atoms with Crippen molar-refractivity contribution in [1.82, 2.24) is 30.2 Å². The molecule has 7 rings (SSSR count). The largest absolute Gasteiger partial charge is 0.471 e. The number of halogens is 4. The van der Waals surface area contributed by atoms with E-state index in [1.807, 2.05) is 4.72 Å². The molecule has 2 bridgehead atoms. The van der Waals surface area contributed by atoms with Gasteiger partial charge in [0.25, 0.3) is 5.91 Å². The molecule has 0 radical (unpaired) electrons. The topological polar surface area (TPSA) is 202 Å². The van der Waals surface area contributed by atoms with E-state index in [9.17, 15) is 37.0 Å². The van der Waals surface area contributed by atoms with E-state index in [4.69, 9.17) is 14.2 Å². The van der Waals surface area contributed by atoms with Gasteiger partial charge in [0.15, 0.2) is 5.69 Å². The zero-order valence-corrected chi connectivity index (χ0v) is 33.4. The lowest BCUT2D eigenvalue weighted by atomic mass is 9.85. The molecular formula is C38H50F4N6O9S. The van der Waals surface area contributed by atoms with Gasteiger partial charge in [0.2, 0.25) is 34.6 Å². The van der Waals surface area contributed by atoms with Gasteiger partial charge in [-0.3, -0.25) is 24.5 Å². The number of aliphatic hydroxyl groups excluding tert-OH is 2. The summed E-state index contributed by atoms with van der Waals surface area (Å²) in [5, 5.41) is 28.6. The predicted octanol–water partition coefficient (Wildman–Crippen LogP) is 2.80. The Labute approximate surface area is 333 Å². The van der Waals surface area contributed by atoms with Gasteiger partial charge in [0, 0.05) is 13.0 Å². The first-order valence-electron chi connectivity index (χ1n) is 19.5. The van der Waals surface area contributed by atoms with E-state index >= 15 is 8.78 Å². The molecule has 10 atom stereocenters.